The van der Waals surface area contributed by atoms with Gasteiger partial charge in [-0.15, -0.1) is 0 Å². The Hall–Kier alpha value is -0.0200. The van der Waals surface area contributed by atoms with Crippen molar-refractivity contribution in [2.45, 2.75) is 0 Å². The Bertz CT molecular complexity index is 66.0. The van der Waals surface area contributed by atoms with Gasteiger partial charge in [0.25, 0.3) is 0 Å². The maximum absolute atomic E-state index is 9.76. The summed E-state index contributed by atoms with van der Waals surface area (Å²) in [5, 5.41) is 7.83. The van der Waals surface area contributed by atoms with Crippen LogP contribution < -0.4 is 5.48 Å². The maximum Gasteiger partial charge on any atom is 0.506 e. The van der Waals surface area contributed by atoms with Crippen molar-refractivity contribution in [3.8, 4) is 0 Å². The van der Waals surface area contributed by atoms with Crippen molar-refractivity contribution in [3.05, 3.63) is 0 Å². The van der Waals surface area contributed by atoms with Crippen molar-refractivity contribution in [2.75, 3.05) is 12.7 Å². The Morgan fingerprint density at radius 2 is 2.29 bits per heavy atom. The first-order valence-corrected chi connectivity index (χ1v) is 3.17. The Balaban J connectivity index is 2.82. The summed E-state index contributed by atoms with van der Waals surface area (Å²) in [5.41, 5.74) is 1.76. The van der Waals surface area contributed by atoms with E-state index in [1.165, 1.54) is 0 Å². The molecule has 0 bridgehead atoms. The Morgan fingerprint density at radius 3 is 2.43 bits per heavy atom. The Labute approximate surface area is 42.0 Å². The highest BCUT2D eigenvalue weighted by Crippen LogP contribution is 2.08. The van der Waals surface area contributed by atoms with Gasteiger partial charge >= 0.3 is 8.03 Å². The molecule has 1 atom stereocenters. The zero-order valence-electron chi connectivity index (χ0n) is 3.66. The Kier molecular flexibility index (Phi) is 4.14. The third-order valence-electron chi connectivity index (χ3n) is 0.415. The van der Waals surface area contributed by atoms with Crippen LogP contribution in [-0.2, 0) is 4.57 Å². The second-order valence-corrected chi connectivity index (χ2v) is 2.14. The minimum atomic E-state index is -2.08. The summed E-state index contributed by atoms with van der Waals surface area (Å²) in [5.74, 6) is 0. The van der Waals surface area contributed by atoms with E-state index in [4.69, 9.17) is 10.1 Å². The van der Waals surface area contributed by atoms with Gasteiger partial charge < -0.3 is 5.21 Å². The molecule has 0 aliphatic heterocycles. The van der Waals surface area contributed by atoms with E-state index in [0.717, 1.165) is 0 Å². The predicted octanol–water partition coefficient (Wildman–Crippen LogP) is -0.300. The van der Waals surface area contributed by atoms with Gasteiger partial charge in [-0.3, -0.25) is 0 Å². The second-order valence-electron chi connectivity index (χ2n) is 0.984. The quantitative estimate of drug-likeness (QED) is 0.357. The largest absolute Gasteiger partial charge is 0.506 e. The zero-order chi connectivity index (χ0) is 5.70. The van der Waals surface area contributed by atoms with Gasteiger partial charge in [0.1, 0.15) is 0 Å². The smallest absolute Gasteiger partial charge is 0.317 e. The summed E-state index contributed by atoms with van der Waals surface area (Å²) in [6.07, 6.45) is 0.103. The molecule has 1 unspecified atom stereocenters. The molecule has 0 aromatic carbocycles. The number of hydrogen-bond donors (Lipinski definition) is 3. The molecule has 0 radical (unpaired) electrons. The molecule has 0 fully saturated rings. The van der Waals surface area contributed by atoms with Gasteiger partial charge in [0.15, 0.2) is 6.16 Å². The molecule has 0 saturated carbocycles. The van der Waals surface area contributed by atoms with Crippen molar-refractivity contribution >= 4 is 8.03 Å². The molecule has 0 aromatic rings. The van der Waals surface area contributed by atoms with Gasteiger partial charge in [-0.1, -0.05) is 0 Å². The van der Waals surface area contributed by atoms with Crippen molar-refractivity contribution in [2.24, 2.45) is 0 Å². The molecule has 42 valence electrons. The van der Waals surface area contributed by atoms with Crippen molar-refractivity contribution < 1.29 is 14.7 Å². The maximum atomic E-state index is 9.76. The number of rotatable bonds is 3. The second kappa shape index (κ2) is 4.15. The molecule has 0 heterocycles. The van der Waals surface area contributed by atoms with Crippen LogP contribution >= 0.6 is 8.03 Å². The average molecular weight is 124 g/mol. The van der Waals surface area contributed by atoms with Crippen LogP contribution in [0.15, 0.2) is 0 Å². The third kappa shape index (κ3) is 5.98. The molecule has 7 heavy (non-hydrogen) atoms. The van der Waals surface area contributed by atoms with Crippen LogP contribution in [0.4, 0.5) is 0 Å². The lowest BCUT2D eigenvalue weighted by atomic mass is 10.8. The minimum absolute atomic E-state index is 0.103. The molecular formula is C2H7NO3P+. The molecular weight excluding hydrogens is 117 g/mol. The Morgan fingerprint density at radius 1 is 1.71 bits per heavy atom. The normalized spacial score (nSPS) is 11.4. The lowest BCUT2D eigenvalue weighted by Crippen LogP contribution is -2.10. The van der Waals surface area contributed by atoms with Gasteiger partial charge in [0, 0.05) is 0 Å². The fourth-order valence-electron chi connectivity index (χ4n) is 0.146. The summed E-state index contributed by atoms with van der Waals surface area (Å²) < 4.78 is 9.76. The summed E-state index contributed by atoms with van der Waals surface area (Å²) in [6, 6.07) is 0. The highest BCUT2D eigenvalue weighted by atomic mass is 31.1. The number of hydrogen-bond acceptors (Lipinski definition) is 3. The van der Waals surface area contributed by atoms with E-state index in [0.29, 0.717) is 0 Å². The lowest BCUT2D eigenvalue weighted by molar-refractivity contribution is 0.173. The first kappa shape index (κ1) is 6.98. The van der Waals surface area contributed by atoms with E-state index in [1.807, 2.05) is 0 Å². The SMILES string of the molecule is O=[P+](O)CCNO. The summed E-state index contributed by atoms with van der Waals surface area (Å²) >= 11 is 0. The van der Waals surface area contributed by atoms with E-state index < -0.39 is 8.03 Å². The van der Waals surface area contributed by atoms with Crippen molar-refractivity contribution in [1.29, 1.82) is 0 Å². The molecule has 4 nitrogen and oxygen atoms in total. The minimum Gasteiger partial charge on any atom is -0.317 e. The van der Waals surface area contributed by atoms with Crippen LogP contribution in [0.25, 0.3) is 0 Å². The first-order chi connectivity index (χ1) is 3.27. The lowest BCUT2D eigenvalue weighted by Gasteiger charge is -1.80. The predicted molar refractivity (Wildman–Crippen MR) is 24.5 cm³/mol. The number of hydroxylamine groups is 1. The van der Waals surface area contributed by atoms with E-state index >= 15 is 0 Å². The van der Waals surface area contributed by atoms with Gasteiger partial charge in [-0.2, -0.15) is 4.89 Å². The van der Waals surface area contributed by atoms with Crippen molar-refractivity contribution in [1.82, 2.24) is 5.48 Å². The molecule has 5 heteroatoms. The fourth-order valence-corrected chi connectivity index (χ4v) is 0.437. The number of nitrogens with one attached hydrogen (secondary N) is 1. The van der Waals surface area contributed by atoms with Gasteiger partial charge in [0.05, 0.1) is 6.54 Å². The highest BCUT2D eigenvalue weighted by molar-refractivity contribution is 7.38. The van der Waals surface area contributed by atoms with Crippen LogP contribution in [0, 0.1) is 0 Å². The average Bonchev–Trinajstić information content (AvgIpc) is 1.61. The topological polar surface area (TPSA) is 69.6 Å². The monoisotopic (exact) mass is 124 g/mol. The molecule has 0 aromatic heterocycles. The van der Waals surface area contributed by atoms with E-state index in [1.54, 1.807) is 5.48 Å². The fraction of sp³-hybridized carbons (Fsp3) is 1.00. The third-order valence-corrected chi connectivity index (χ3v) is 1.02. The van der Waals surface area contributed by atoms with Crippen molar-refractivity contribution in [3.63, 3.8) is 0 Å². The molecule has 3 N–H and O–H groups in total. The van der Waals surface area contributed by atoms with Crippen LogP contribution in [0.3, 0.4) is 0 Å². The van der Waals surface area contributed by atoms with E-state index in [-0.39, 0.29) is 12.7 Å². The molecule has 0 rings (SSSR count). The summed E-state index contributed by atoms with van der Waals surface area (Å²) in [6.45, 7) is 0.172. The van der Waals surface area contributed by atoms with Crippen LogP contribution in [0.2, 0.25) is 0 Å². The molecule has 0 aliphatic rings. The van der Waals surface area contributed by atoms with Crippen LogP contribution in [0.1, 0.15) is 0 Å². The molecule has 0 saturated heterocycles. The van der Waals surface area contributed by atoms with Gasteiger partial charge in [0.2, 0.25) is 0 Å². The summed E-state index contributed by atoms with van der Waals surface area (Å²) in [7, 11) is -2.08. The van der Waals surface area contributed by atoms with Crippen LogP contribution in [-0.4, -0.2) is 22.8 Å². The van der Waals surface area contributed by atoms with Gasteiger partial charge in [-0.05, 0) is 4.57 Å². The molecule has 0 aliphatic carbocycles. The standard InChI is InChI=1S/C2H6NO3P/c4-3-1-2-7(5)6/h3-4H,1-2H2/p+1. The first-order valence-electron chi connectivity index (χ1n) is 1.78. The van der Waals surface area contributed by atoms with E-state index in [2.05, 4.69) is 0 Å². The molecule has 0 amide bonds. The van der Waals surface area contributed by atoms with Gasteiger partial charge in [-0.25, -0.2) is 5.48 Å². The molecule has 0 spiro atoms. The van der Waals surface area contributed by atoms with Crippen LogP contribution in [0.5, 0.6) is 0 Å². The highest BCUT2D eigenvalue weighted by Gasteiger charge is 2.06. The zero-order valence-corrected chi connectivity index (χ0v) is 4.56. The summed E-state index contributed by atoms with van der Waals surface area (Å²) in [4.78, 5) is 8.04. The van der Waals surface area contributed by atoms with E-state index in [9.17, 15) is 4.57 Å².